The van der Waals surface area contributed by atoms with Gasteiger partial charge in [-0.05, 0) is 108 Å². The second-order valence-electron chi connectivity index (χ2n) is 14.5. The maximum atomic E-state index is 11.9. The van der Waals surface area contributed by atoms with Gasteiger partial charge in [-0.25, -0.2) is 0 Å². The standard InChI is InChI=1S/C33H50O4/c1-20(2)24-11-16-33(19-36-22(4)34)18-17-31(7)26(29(24)33)9-10-28-30(6)14-13-27(37-23(5)35)21(3)25(30)12-15-32(28,31)8/h11,16,20-21,25-28H,9-10,12-15,17-19H2,1-8H3/t21?,25?,26?,27?,28?,30?,31-,32?,33?/m1/s1. The highest BCUT2D eigenvalue weighted by molar-refractivity contribution is 5.66. The lowest BCUT2D eigenvalue weighted by Crippen LogP contribution is -2.64. The van der Waals surface area contributed by atoms with Gasteiger partial charge in [-0.3, -0.25) is 9.59 Å². The molecule has 0 amide bonds. The van der Waals surface area contributed by atoms with Crippen LogP contribution in [0.5, 0.6) is 0 Å². The molecule has 4 heteroatoms. The first-order chi connectivity index (χ1) is 17.3. The van der Waals surface area contributed by atoms with Gasteiger partial charge < -0.3 is 9.47 Å². The van der Waals surface area contributed by atoms with E-state index in [-0.39, 0.29) is 34.3 Å². The van der Waals surface area contributed by atoms with Crippen molar-refractivity contribution in [3.8, 4) is 0 Å². The lowest BCUT2D eigenvalue weighted by atomic mass is 9.34. The molecule has 0 spiro atoms. The summed E-state index contributed by atoms with van der Waals surface area (Å²) >= 11 is 0. The maximum absolute atomic E-state index is 11.9. The van der Waals surface area contributed by atoms with Crippen molar-refractivity contribution in [1.82, 2.24) is 0 Å². The number of ether oxygens (including phenoxy) is 2. The summed E-state index contributed by atoms with van der Waals surface area (Å²) in [5, 5.41) is 0. The van der Waals surface area contributed by atoms with Crippen LogP contribution in [0.4, 0.5) is 0 Å². The quantitative estimate of drug-likeness (QED) is 0.364. The molecule has 4 nitrogen and oxygen atoms in total. The summed E-state index contributed by atoms with van der Waals surface area (Å²) in [6, 6.07) is 0. The zero-order chi connectivity index (χ0) is 27.0. The molecular weight excluding hydrogens is 460 g/mol. The number of allylic oxidation sites excluding steroid dienone is 2. The molecule has 5 rings (SSSR count). The van der Waals surface area contributed by atoms with Crippen molar-refractivity contribution in [2.24, 2.45) is 51.2 Å². The Balaban J connectivity index is 1.50. The Hall–Kier alpha value is -1.58. The van der Waals surface area contributed by atoms with E-state index in [4.69, 9.17) is 9.47 Å². The van der Waals surface area contributed by atoms with E-state index in [0.717, 1.165) is 12.8 Å². The molecule has 5 aliphatic rings. The van der Waals surface area contributed by atoms with Crippen LogP contribution >= 0.6 is 0 Å². The summed E-state index contributed by atoms with van der Waals surface area (Å²) in [4.78, 5) is 23.7. The molecule has 0 heterocycles. The van der Waals surface area contributed by atoms with Crippen LogP contribution in [0.1, 0.15) is 107 Å². The van der Waals surface area contributed by atoms with Gasteiger partial charge in [0.1, 0.15) is 12.7 Å². The summed E-state index contributed by atoms with van der Waals surface area (Å²) in [6.45, 7) is 18.4. The molecule has 206 valence electrons. The number of hydrogen-bond acceptors (Lipinski definition) is 4. The Morgan fingerprint density at radius 2 is 1.68 bits per heavy atom. The van der Waals surface area contributed by atoms with Gasteiger partial charge in [0.25, 0.3) is 0 Å². The van der Waals surface area contributed by atoms with E-state index in [1.807, 2.05) is 0 Å². The van der Waals surface area contributed by atoms with Crippen LogP contribution < -0.4 is 0 Å². The van der Waals surface area contributed by atoms with E-state index >= 15 is 0 Å². The smallest absolute Gasteiger partial charge is 0.302 e. The second-order valence-corrected chi connectivity index (χ2v) is 14.5. The minimum atomic E-state index is -0.172. The van der Waals surface area contributed by atoms with Gasteiger partial charge in [0.2, 0.25) is 0 Å². The molecule has 5 aliphatic carbocycles. The van der Waals surface area contributed by atoms with Gasteiger partial charge >= 0.3 is 11.9 Å². The van der Waals surface area contributed by atoms with Crippen LogP contribution in [0.3, 0.4) is 0 Å². The summed E-state index contributed by atoms with van der Waals surface area (Å²) in [7, 11) is 0. The molecule has 0 aromatic rings. The van der Waals surface area contributed by atoms with Crippen molar-refractivity contribution < 1.29 is 19.1 Å². The number of carbonyl (C=O) groups is 2. The summed E-state index contributed by atoms with van der Waals surface area (Å²) in [5.41, 5.74) is 3.81. The highest BCUT2D eigenvalue weighted by Gasteiger charge is 2.68. The number of hydrogen-bond donors (Lipinski definition) is 0. The fraction of sp³-hybridized carbons (Fsp3) is 0.818. The first-order valence-corrected chi connectivity index (χ1v) is 15.0. The largest absolute Gasteiger partial charge is 0.465 e. The highest BCUT2D eigenvalue weighted by Crippen LogP contribution is 2.75. The van der Waals surface area contributed by atoms with Gasteiger partial charge in [-0.1, -0.05) is 53.7 Å². The van der Waals surface area contributed by atoms with Crippen LogP contribution in [0.15, 0.2) is 23.3 Å². The van der Waals surface area contributed by atoms with Crippen molar-refractivity contribution in [3.63, 3.8) is 0 Å². The van der Waals surface area contributed by atoms with E-state index in [0.29, 0.717) is 41.6 Å². The van der Waals surface area contributed by atoms with Crippen LogP contribution in [0.2, 0.25) is 0 Å². The number of carbonyl (C=O) groups excluding carboxylic acids is 2. The average Bonchev–Trinajstić information content (AvgIpc) is 3.20. The topological polar surface area (TPSA) is 52.6 Å². The van der Waals surface area contributed by atoms with Crippen LogP contribution in [-0.2, 0) is 19.1 Å². The Morgan fingerprint density at radius 3 is 2.32 bits per heavy atom. The zero-order valence-electron chi connectivity index (χ0n) is 24.6. The Labute approximate surface area is 225 Å². The van der Waals surface area contributed by atoms with Crippen LogP contribution in [0.25, 0.3) is 0 Å². The Morgan fingerprint density at radius 1 is 0.946 bits per heavy atom. The molecule has 0 radical (unpaired) electrons. The lowest BCUT2D eigenvalue weighted by Gasteiger charge is -2.71. The summed E-state index contributed by atoms with van der Waals surface area (Å²) < 4.78 is 11.5. The third kappa shape index (κ3) is 3.81. The predicted octanol–water partition coefficient (Wildman–Crippen LogP) is 7.67. The predicted molar refractivity (Wildman–Crippen MR) is 147 cm³/mol. The fourth-order valence-electron chi connectivity index (χ4n) is 10.7. The van der Waals surface area contributed by atoms with Gasteiger partial charge in [0.15, 0.2) is 0 Å². The molecule has 9 atom stereocenters. The maximum Gasteiger partial charge on any atom is 0.302 e. The lowest BCUT2D eigenvalue weighted by molar-refractivity contribution is -0.215. The van der Waals surface area contributed by atoms with Crippen molar-refractivity contribution in [2.75, 3.05) is 6.61 Å². The zero-order valence-corrected chi connectivity index (χ0v) is 24.6. The molecule has 0 aromatic heterocycles. The Kier molecular flexibility index (Phi) is 6.56. The van der Waals surface area contributed by atoms with E-state index in [1.165, 1.54) is 51.0 Å². The number of rotatable bonds is 4. The summed E-state index contributed by atoms with van der Waals surface area (Å²) in [6.07, 6.45) is 14.3. The minimum absolute atomic E-state index is 0.0757. The summed E-state index contributed by atoms with van der Waals surface area (Å²) in [5.74, 6) is 2.45. The van der Waals surface area contributed by atoms with Crippen molar-refractivity contribution in [3.05, 3.63) is 23.3 Å². The molecule has 0 saturated heterocycles. The van der Waals surface area contributed by atoms with E-state index in [9.17, 15) is 9.59 Å². The first-order valence-electron chi connectivity index (χ1n) is 15.0. The average molecular weight is 511 g/mol. The molecule has 0 aliphatic heterocycles. The molecule has 37 heavy (non-hydrogen) atoms. The highest BCUT2D eigenvalue weighted by atomic mass is 16.5. The number of fused-ring (bicyclic) bond motifs is 7. The molecule has 4 fully saturated rings. The van der Waals surface area contributed by atoms with Gasteiger partial charge in [0, 0.05) is 19.3 Å². The first kappa shape index (κ1) is 27.0. The molecule has 0 N–H and O–H groups in total. The second kappa shape index (κ2) is 8.98. The molecule has 8 unspecified atom stereocenters. The Bertz CT molecular complexity index is 1020. The molecular formula is C33H50O4. The van der Waals surface area contributed by atoms with Crippen LogP contribution in [0, 0.1) is 51.2 Å². The van der Waals surface area contributed by atoms with E-state index in [1.54, 1.807) is 12.5 Å². The van der Waals surface area contributed by atoms with Crippen LogP contribution in [-0.4, -0.2) is 24.6 Å². The SMILES string of the molecule is CC(=O)OCC12C=CC(C(C)C)=C1C1CCC3C4(C)CCC(OC(C)=O)C(C)C4CCC3(C)[C@]1(C)CC2. The fourth-order valence-corrected chi connectivity index (χ4v) is 10.7. The third-order valence-electron chi connectivity index (χ3n) is 12.7. The van der Waals surface area contributed by atoms with Gasteiger partial charge in [-0.2, -0.15) is 0 Å². The van der Waals surface area contributed by atoms with E-state index in [2.05, 4.69) is 53.7 Å². The molecule has 4 saturated carbocycles. The van der Waals surface area contributed by atoms with Crippen molar-refractivity contribution in [1.29, 1.82) is 0 Å². The van der Waals surface area contributed by atoms with Gasteiger partial charge in [-0.15, -0.1) is 0 Å². The minimum Gasteiger partial charge on any atom is -0.465 e. The van der Waals surface area contributed by atoms with E-state index < -0.39 is 0 Å². The third-order valence-corrected chi connectivity index (χ3v) is 12.7. The van der Waals surface area contributed by atoms with Crippen molar-refractivity contribution >= 4 is 11.9 Å². The normalized spacial score (nSPS) is 46.6. The number of esters is 2. The monoisotopic (exact) mass is 510 g/mol. The molecule has 0 aromatic carbocycles. The molecule has 0 bridgehead atoms. The van der Waals surface area contributed by atoms with Gasteiger partial charge in [0.05, 0.1) is 0 Å². The van der Waals surface area contributed by atoms with Crippen molar-refractivity contribution in [2.45, 2.75) is 113 Å².